The van der Waals surface area contributed by atoms with Crippen LogP contribution in [0, 0.1) is 17.6 Å². The summed E-state index contributed by atoms with van der Waals surface area (Å²) < 4.78 is 70.9. The number of nitrogens with zero attached hydrogens (tertiary/aromatic N) is 1. The van der Waals surface area contributed by atoms with Crippen LogP contribution in [0.1, 0.15) is 36.1 Å². The number of rotatable bonds is 14. The Morgan fingerprint density at radius 1 is 0.710 bits per heavy atom. The van der Waals surface area contributed by atoms with E-state index < -0.39 is 120 Å². The fourth-order valence-corrected chi connectivity index (χ4v) is 9.66. The number of amides is 1. The highest BCUT2D eigenvalue weighted by atomic mass is 32.2. The van der Waals surface area contributed by atoms with Crippen molar-refractivity contribution >= 4 is 21.4 Å². The van der Waals surface area contributed by atoms with E-state index in [1.165, 1.54) is 83.8 Å². The van der Waals surface area contributed by atoms with Gasteiger partial charge in [-0.3, -0.25) is 4.79 Å². The highest BCUT2D eigenvalue weighted by Crippen LogP contribution is 2.49. The average Bonchev–Trinajstić information content (AvgIpc) is 3.26. The van der Waals surface area contributed by atoms with Gasteiger partial charge in [-0.25, -0.2) is 17.2 Å². The van der Waals surface area contributed by atoms with E-state index >= 15 is 0 Å². The predicted molar refractivity (Wildman–Crippen MR) is 213 cm³/mol. The van der Waals surface area contributed by atoms with Gasteiger partial charge >= 0.3 is 0 Å². The molecule has 3 aliphatic heterocycles. The Morgan fingerprint density at radius 2 is 1.31 bits per heavy atom. The fourth-order valence-electron chi connectivity index (χ4n) is 8.21. The second-order valence-electron chi connectivity index (χ2n) is 15.6. The second kappa shape index (κ2) is 18.7. The van der Waals surface area contributed by atoms with Crippen LogP contribution < -0.4 is 4.90 Å². The molecule has 0 bridgehead atoms. The van der Waals surface area contributed by atoms with Crippen LogP contribution in [-0.4, -0.2) is 140 Å². The van der Waals surface area contributed by atoms with Crippen LogP contribution in [0.15, 0.2) is 95.9 Å². The number of carbonyl (C=O) groups is 1. The molecular weight excluding hydrogens is 841 g/mol. The lowest BCUT2D eigenvalue weighted by Crippen LogP contribution is -2.65. The minimum Gasteiger partial charge on any atom is -0.508 e. The van der Waals surface area contributed by atoms with Gasteiger partial charge in [-0.1, -0.05) is 36.4 Å². The molecule has 3 heterocycles. The van der Waals surface area contributed by atoms with E-state index in [9.17, 15) is 68.0 Å². The van der Waals surface area contributed by atoms with Crippen LogP contribution in [0.25, 0.3) is 11.1 Å². The molecule has 62 heavy (non-hydrogen) atoms. The van der Waals surface area contributed by atoms with Crippen molar-refractivity contribution in [1.29, 1.82) is 0 Å². The third kappa shape index (κ3) is 9.12. The molecule has 12 unspecified atom stereocenters. The quantitative estimate of drug-likeness (QED) is 0.0800. The van der Waals surface area contributed by atoms with E-state index in [0.717, 1.165) is 0 Å². The van der Waals surface area contributed by atoms with Gasteiger partial charge < -0.3 is 65.1 Å². The number of halogens is 2. The zero-order valence-electron chi connectivity index (χ0n) is 32.8. The molecule has 9 N–H and O–H groups in total. The zero-order valence-corrected chi connectivity index (χ0v) is 33.6. The molecule has 19 heteroatoms. The first kappa shape index (κ1) is 45.5. The van der Waals surface area contributed by atoms with Gasteiger partial charge in [-0.15, -0.1) is 0 Å². The average molecular weight is 888 g/mol. The minimum absolute atomic E-state index is 0.152. The maximum atomic E-state index is 13.8. The number of β-lactam (4-membered cyclic amide) rings is 1. The number of aliphatic hydroxyl groups excluding tert-OH is 8. The van der Waals surface area contributed by atoms with Crippen molar-refractivity contribution in [1.82, 2.24) is 0 Å². The van der Waals surface area contributed by atoms with Crippen LogP contribution in [-0.2, 0) is 28.8 Å². The smallest absolute Gasteiger partial charge is 0.233 e. The molecule has 1 amide bonds. The molecule has 0 saturated carbocycles. The third-order valence-electron chi connectivity index (χ3n) is 11.7. The van der Waals surface area contributed by atoms with Gasteiger partial charge in [0.05, 0.1) is 41.9 Å². The molecule has 334 valence electrons. The van der Waals surface area contributed by atoms with Crippen molar-refractivity contribution in [3.05, 3.63) is 114 Å². The summed E-state index contributed by atoms with van der Waals surface area (Å²) in [6, 6.07) is 20.2. The summed E-state index contributed by atoms with van der Waals surface area (Å²) in [7, 11) is -4.24. The number of benzene rings is 4. The number of anilines is 1. The van der Waals surface area contributed by atoms with E-state index in [1.807, 2.05) is 0 Å². The number of hydrogen-bond acceptors (Lipinski definition) is 15. The molecule has 16 nitrogen and oxygen atoms in total. The topological polar surface area (TPSA) is 264 Å². The number of ether oxygens (including phenoxy) is 3. The second-order valence-corrected chi connectivity index (χ2v) is 17.7. The zero-order chi connectivity index (χ0) is 44.6. The van der Waals surface area contributed by atoms with Crippen molar-refractivity contribution in [2.75, 3.05) is 23.9 Å². The maximum absolute atomic E-state index is 13.8. The first-order valence-electron chi connectivity index (χ1n) is 19.8. The van der Waals surface area contributed by atoms with Gasteiger partial charge in [-0.05, 0) is 84.1 Å². The van der Waals surface area contributed by atoms with Crippen molar-refractivity contribution < 1.29 is 82.2 Å². The Kier molecular flexibility index (Phi) is 13.7. The molecule has 0 aliphatic carbocycles. The van der Waals surface area contributed by atoms with Crippen LogP contribution in [0.3, 0.4) is 0 Å². The Morgan fingerprint density at radius 3 is 1.92 bits per heavy atom. The van der Waals surface area contributed by atoms with E-state index in [4.69, 9.17) is 14.2 Å². The Balaban J connectivity index is 1.04. The largest absolute Gasteiger partial charge is 0.508 e. The Hall–Kier alpha value is -4.48. The van der Waals surface area contributed by atoms with Crippen LogP contribution in [0.5, 0.6) is 5.75 Å². The van der Waals surface area contributed by atoms with Gasteiger partial charge in [0.15, 0.2) is 16.1 Å². The molecule has 0 spiro atoms. The van der Waals surface area contributed by atoms with Gasteiger partial charge in [0.25, 0.3) is 0 Å². The minimum atomic E-state index is -4.24. The Labute approximate surface area is 354 Å². The van der Waals surface area contributed by atoms with Crippen LogP contribution in [0.4, 0.5) is 14.5 Å². The first-order chi connectivity index (χ1) is 29.5. The van der Waals surface area contributed by atoms with Crippen molar-refractivity contribution in [3.63, 3.8) is 0 Å². The lowest BCUT2D eigenvalue weighted by Gasteiger charge is -2.48. The highest BCUT2D eigenvalue weighted by Gasteiger charge is 2.52. The molecule has 3 fully saturated rings. The Bertz CT molecular complexity index is 2280. The monoisotopic (exact) mass is 887 g/mol. The first-order valence-corrected chi connectivity index (χ1v) is 21.4. The normalized spacial score (nSPS) is 30.8. The molecule has 0 radical (unpaired) electrons. The lowest BCUT2D eigenvalue weighted by atomic mass is 9.77. The summed E-state index contributed by atoms with van der Waals surface area (Å²) in [5, 5.41) is 94.2. The number of aromatic hydroxyl groups is 1. The van der Waals surface area contributed by atoms with Gasteiger partial charge in [0.1, 0.15) is 72.3 Å². The molecule has 4 aromatic rings. The number of phenolic OH excluding ortho intramolecular Hbond substituents is 1. The predicted octanol–water partition coefficient (Wildman–Crippen LogP) is 0.996. The van der Waals surface area contributed by atoms with Crippen LogP contribution >= 0.6 is 0 Å². The van der Waals surface area contributed by atoms with E-state index in [0.29, 0.717) is 27.9 Å². The van der Waals surface area contributed by atoms with Gasteiger partial charge in [0.2, 0.25) is 5.91 Å². The highest BCUT2D eigenvalue weighted by molar-refractivity contribution is 7.91. The number of aliphatic hydroxyl groups is 8. The number of carbonyl (C=O) groups excluding carboxylic acids is 1. The molecule has 4 aromatic carbocycles. The summed E-state index contributed by atoms with van der Waals surface area (Å²) in [4.78, 5) is 14.8. The molecule has 3 saturated heterocycles. The SMILES string of the molecule is O=C1[C@H](CCC(O)c2ccc(F)cc2)C(c2ccc(-c3ccc(S(=O)(=O)CC4OC(CO)C(OC5OC(CO)C(O)C(O)C5O)C(O)C4O)cc3)cc2O)N1c1ccc(F)cc1. The maximum Gasteiger partial charge on any atom is 0.233 e. The summed E-state index contributed by atoms with van der Waals surface area (Å²) >= 11 is 0. The standard InChI is InChI=1S/C43H47F2NO15S/c44-24-6-1-22(2-7-24)30(49)16-15-29-35(46(42(29)56)26-10-8-25(45)9-11-26)28-14-5-23(17-31(28)50)21-3-12-27(13-4-21)62(57,58)20-34-37(52)39(54)41(33(19-48)59-34)61-43-40(55)38(53)36(51)32(18-47)60-43/h1-14,17,29-30,32-41,43,47-55H,15-16,18-20H2/t29-,30?,32?,33?,34?,35?,36?,37?,38?,39?,40?,41?,43?/m1/s1. The van der Waals surface area contributed by atoms with E-state index in [-0.39, 0.29) is 29.4 Å². The summed E-state index contributed by atoms with van der Waals surface area (Å²) in [5.74, 6) is -3.00. The van der Waals surface area contributed by atoms with Gasteiger partial charge in [-0.2, -0.15) is 0 Å². The molecular formula is C43H47F2NO15S. The molecule has 0 aromatic heterocycles. The van der Waals surface area contributed by atoms with Crippen LogP contribution in [0.2, 0.25) is 0 Å². The van der Waals surface area contributed by atoms with Crippen molar-refractivity contribution in [3.8, 4) is 16.9 Å². The van der Waals surface area contributed by atoms with E-state index in [1.54, 1.807) is 12.1 Å². The summed E-state index contributed by atoms with van der Waals surface area (Å²) in [6.45, 7) is -1.61. The number of sulfone groups is 1. The summed E-state index contributed by atoms with van der Waals surface area (Å²) in [6.07, 6.45) is -17.6. The fraction of sp³-hybridized carbons (Fsp3) is 0.419. The number of phenols is 1. The molecule has 13 atom stereocenters. The third-order valence-corrected chi connectivity index (χ3v) is 13.5. The van der Waals surface area contributed by atoms with Gasteiger partial charge in [0, 0.05) is 11.3 Å². The van der Waals surface area contributed by atoms with Crippen molar-refractivity contribution in [2.45, 2.75) is 91.1 Å². The van der Waals surface area contributed by atoms with E-state index in [2.05, 4.69) is 0 Å². The molecule has 7 rings (SSSR count). The number of hydrogen-bond donors (Lipinski definition) is 9. The van der Waals surface area contributed by atoms with Crippen molar-refractivity contribution in [2.24, 2.45) is 5.92 Å². The summed E-state index contributed by atoms with van der Waals surface area (Å²) in [5.41, 5.74) is 2.20. The molecule has 3 aliphatic rings. The lowest BCUT2D eigenvalue weighted by molar-refractivity contribution is -0.341.